The molecule has 0 fully saturated rings. The number of carbonyl (C=O) groups excluding carboxylic acids is 3. The second-order valence-corrected chi connectivity index (χ2v) is 9.52. The first-order chi connectivity index (χ1) is 16.8. The van der Waals surface area contributed by atoms with Gasteiger partial charge in [-0.25, -0.2) is 4.79 Å². The van der Waals surface area contributed by atoms with Crippen LogP contribution in [-0.2, 0) is 22.5 Å². The lowest BCUT2D eigenvalue weighted by molar-refractivity contribution is -0.118. The van der Waals surface area contributed by atoms with E-state index in [2.05, 4.69) is 34.7 Å². The maximum atomic E-state index is 12.7. The molecule has 2 aromatic carbocycles. The summed E-state index contributed by atoms with van der Waals surface area (Å²) in [5.74, 6) is -0.863. The van der Waals surface area contributed by atoms with E-state index < -0.39 is 5.97 Å². The van der Waals surface area contributed by atoms with Gasteiger partial charge in [0.2, 0.25) is 5.91 Å². The van der Waals surface area contributed by atoms with Gasteiger partial charge >= 0.3 is 5.97 Å². The molecule has 2 heterocycles. The number of nitrogens with zero attached hydrogens (tertiary/aromatic N) is 2. The molecule has 0 radical (unpaired) electrons. The summed E-state index contributed by atoms with van der Waals surface area (Å²) in [6.07, 6.45) is 0.676. The Morgan fingerprint density at radius 1 is 1.00 bits per heavy atom. The van der Waals surface area contributed by atoms with Gasteiger partial charge in [0, 0.05) is 24.4 Å². The van der Waals surface area contributed by atoms with Crippen molar-refractivity contribution in [3.05, 3.63) is 87.4 Å². The lowest BCUT2D eigenvalue weighted by atomic mass is 10.1. The van der Waals surface area contributed by atoms with Gasteiger partial charge in [-0.15, -0.1) is 11.3 Å². The van der Waals surface area contributed by atoms with Crippen LogP contribution < -0.4 is 5.32 Å². The Hall–Kier alpha value is -3.78. The lowest BCUT2D eigenvalue weighted by Gasteiger charge is -2.06. The Kier molecular flexibility index (Phi) is 7.41. The molecule has 0 aliphatic carbocycles. The van der Waals surface area contributed by atoms with Crippen molar-refractivity contribution in [2.24, 2.45) is 0 Å². The number of aromatic nitrogens is 2. The Morgan fingerprint density at radius 3 is 2.37 bits per heavy atom. The van der Waals surface area contributed by atoms with E-state index in [0.717, 1.165) is 27.0 Å². The fraction of sp³-hybridized carbons (Fsp3) is 0.259. The third-order valence-electron chi connectivity index (χ3n) is 5.66. The van der Waals surface area contributed by atoms with Gasteiger partial charge in [0.15, 0.2) is 12.4 Å². The quantitative estimate of drug-likeness (QED) is 0.277. The summed E-state index contributed by atoms with van der Waals surface area (Å²) in [6.45, 7) is 6.26. The van der Waals surface area contributed by atoms with Gasteiger partial charge in [0.05, 0.1) is 12.2 Å². The van der Waals surface area contributed by atoms with E-state index >= 15 is 0 Å². The molecule has 2 aromatic heterocycles. The molecule has 0 aliphatic rings. The van der Waals surface area contributed by atoms with Crippen LogP contribution in [-0.4, -0.2) is 40.6 Å². The SMILES string of the molecule is CC(=O)NCCc1ccc(C(=O)COC(=O)c2cc3c(C)nn(Cc4ccc(C)cc4)c3s2)cc1. The van der Waals surface area contributed by atoms with Gasteiger partial charge in [-0.1, -0.05) is 54.1 Å². The summed E-state index contributed by atoms with van der Waals surface area (Å²) in [5.41, 5.74) is 4.65. The zero-order valence-corrected chi connectivity index (χ0v) is 20.8. The molecule has 0 unspecified atom stereocenters. The molecule has 1 amide bonds. The second kappa shape index (κ2) is 10.7. The minimum absolute atomic E-state index is 0.0731. The van der Waals surface area contributed by atoms with E-state index in [0.29, 0.717) is 30.0 Å². The number of esters is 1. The van der Waals surface area contributed by atoms with Crippen molar-refractivity contribution in [2.75, 3.05) is 13.2 Å². The van der Waals surface area contributed by atoms with E-state index in [1.807, 2.05) is 30.7 Å². The van der Waals surface area contributed by atoms with Crippen molar-refractivity contribution < 1.29 is 19.1 Å². The Morgan fingerprint density at radius 2 is 1.69 bits per heavy atom. The first kappa shape index (κ1) is 24.3. The van der Waals surface area contributed by atoms with Crippen molar-refractivity contribution in [3.63, 3.8) is 0 Å². The standard InChI is InChI=1S/C27H27N3O4S/c1-17-4-6-21(7-5-17)15-30-26-23(18(2)29-30)14-25(35-26)27(33)34-16-24(32)22-10-8-20(9-11-22)12-13-28-19(3)31/h4-11,14H,12-13,15-16H2,1-3H3,(H,28,31). The topological polar surface area (TPSA) is 90.3 Å². The zero-order valence-electron chi connectivity index (χ0n) is 20.0. The molecule has 0 saturated heterocycles. The summed E-state index contributed by atoms with van der Waals surface area (Å²) < 4.78 is 7.22. The van der Waals surface area contributed by atoms with Crippen LogP contribution in [0.15, 0.2) is 54.6 Å². The molecule has 0 bridgehead atoms. The fourth-order valence-corrected chi connectivity index (χ4v) is 4.77. The van der Waals surface area contributed by atoms with Gasteiger partial charge in [-0.2, -0.15) is 5.10 Å². The molecule has 0 saturated carbocycles. The Labute approximate surface area is 207 Å². The maximum Gasteiger partial charge on any atom is 0.348 e. The number of hydrogen-bond acceptors (Lipinski definition) is 6. The smallest absolute Gasteiger partial charge is 0.348 e. The van der Waals surface area contributed by atoms with Crippen molar-refractivity contribution >= 4 is 39.2 Å². The molecule has 0 spiro atoms. The van der Waals surface area contributed by atoms with Crippen LogP contribution >= 0.6 is 11.3 Å². The van der Waals surface area contributed by atoms with Crippen LogP contribution in [0.2, 0.25) is 0 Å². The highest BCUT2D eigenvalue weighted by Crippen LogP contribution is 2.29. The first-order valence-electron chi connectivity index (χ1n) is 11.4. The molecule has 1 N–H and O–H groups in total. The number of nitrogens with one attached hydrogen (secondary N) is 1. The fourth-order valence-electron chi connectivity index (χ4n) is 3.71. The zero-order chi connectivity index (χ0) is 24.9. The Balaban J connectivity index is 1.37. The molecule has 0 aliphatic heterocycles. The third kappa shape index (κ3) is 6.02. The van der Waals surface area contributed by atoms with Crippen molar-refractivity contribution in [2.45, 2.75) is 33.7 Å². The average Bonchev–Trinajstić information content (AvgIpc) is 3.40. The van der Waals surface area contributed by atoms with Crippen LogP contribution in [0.3, 0.4) is 0 Å². The number of rotatable bonds is 9. The number of benzene rings is 2. The van der Waals surface area contributed by atoms with Crippen LogP contribution in [0.4, 0.5) is 0 Å². The molecule has 180 valence electrons. The number of Topliss-reactive ketones (excluding diaryl/α,β-unsaturated/α-hetero) is 1. The van der Waals surface area contributed by atoms with E-state index in [1.165, 1.54) is 23.8 Å². The summed E-state index contributed by atoms with van der Waals surface area (Å²) >= 11 is 1.32. The highest BCUT2D eigenvalue weighted by molar-refractivity contribution is 7.20. The highest BCUT2D eigenvalue weighted by Gasteiger charge is 2.19. The van der Waals surface area contributed by atoms with Crippen LogP contribution in [0, 0.1) is 13.8 Å². The summed E-state index contributed by atoms with van der Waals surface area (Å²) in [4.78, 5) is 37.5. The monoisotopic (exact) mass is 489 g/mol. The van der Waals surface area contributed by atoms with Crippen LogP contribution in [0.25, 0.3) is 10.2 Å². The molecule has 4 rings (SSSR count). The van der Waals surface area contributed by atoms with Gasteiger partial charge in [0.25, 0.3) is 0 Å². The second-order valence-electron chi connectivity index (χ2n) is 8.49. The molecule has 8 heteroatoms. The molecule has 4 aromatic rings. The van der Waals surface area contributed by atoms with Gasteiger partial charge in [-0.3, -0.25) is 14.3 Å². The first-order valence-corrected chi connectivity index (χ1v) is 12.2. The number of thiophene rings is 1. The van der Waals surface area contributed by atoms with Crippen LogP contribution in [0.5, 0.6) is 0 Å². The number of amides is 1. The lowest BCUT2D eigenvalue weighted by Crippen LogP contribution is -2.22. The van der Waals surface area contributed by atoms with Crippen LogP contribution in [0.1, 0.15) is 49.3 Å². The number of carbonyl (C=O) groups is 3. The predicted octanol–water partition coefficient (Wildman–Crippen LogP) is 4.48. The predicted molar refractivity (Wildman–Crippen MR) is 136 cm³/mol. The number of aryl methyl sites for hydroxylation is 2. The van der Waals surface area contributed by atoms with Gasteiger partial charge in [-0.05, 0) is 37.5 Å². The van der Waals surface area contributed by atoms with Crippen molar-refractivity contribution in [3.8, 4) is 0 Å². The maximum absolute atomic E-state index is 12.7. The third-order valence-corrected chi connectivity index (χ3v) is 6.79. The van der Waals surface area contributed by atoms with Crippen molar-refractivity contribution in [1.29, 1.82) is 0 Å². The highest BCUT2D eigenvalue weighted by atomic mass is 32.1. The van der Waals surface area contributed by atoms with Gasteiger partial charge < -0.3 is 10.1 Å². The van der Waals surface area contributed by atoms with E-state index in [1.54, 1.807) is 18.2 Å². The number of hydrogen-bond donors (Lipinski definition) is 1. The van der Waals surface area contributed by atoms with Crippen molar-refractivity contribution in [1.82, 2.24) is 15.1 Å². The van der Waals surface area contributed by atoms with Gasteiger partial charge in [0.1, 0.15) is 9.71 Å². The minimum Gasteiger partial charge on any atom is -0.453 e. The summed E-state index contributed by atoms with van der Waals surface area (Å²) in [6, 6.07) is 17.2. The van der Waals surface area contributed by atoms with E-state index in [9.17, 15) is 14.4 Å². The number of fused-ring (bicyclic) bond motifs is 1. The average molecular weight is 490 g/mol. The normalized spacial score (nSPS) is 10.9. The molecular weight excluding hydrogens is 462 g/mol. The largest absolute Gasteiger partial charge is 0.453 e. The minimum atomic E-state index is -0.521. The Bertz CT molecular complexity index is 1370. The molecule has 0 atom stereocenters. The summed E-state index contributed by atoms with van der Waals surface area (Å²) in [5, 5.41) is 8.27. The molecular formula is C27H27N3O4S. The van der Waals surface area contributed by atoms with E-state index in [-0.39, 0.29) is 18.3 Å². The van der Waals surface area contributed by atoms with E-state index in [4.69, 9.17) is 4.74 Å². The molecule has 35 heavy (non-hydrogen) atoms. The number of ether oxygens (including phenoxy) is 1. The number of ketones is 1. The molecule has 7 nitrogen and oxygen atoms in total. The summed E-state index contributed by atoms with van der Waals surface area (Å²) in [7, 11) is 0.